The van der Waals surface area contributed by atoms with E-state index >= 15 is 0 Å². The highest BCUT2D eigenvalue weighted by molar-refractivity contribution is 5.94. The molecule has 0 aromatic heterocycles. The molecule has 2 saturated heterocycles. The zero-order chi connectivity index (χ0) is 18.6. The van der Waals surface area contributed by atoms with Crippen molar-refractivity contribution < 1.29 is 4.79 Å². The number of carbonyl (C=O) groups excluding carboxylic acids is 1. The largest absolute Gasteiger partial charge is 0.367 e. The molecule has 4 heteroatoms. The Bertz CT molecular complexity index is 759. The Balaban J connectivity index is 1.43. The van der Waals surface area contributed by atoms with Crippen LogP contribution in [-0.4, -0.2) is 42.5 Å². The first-order valence-electron chi connectivity index (χ1n) is 10.2. The van der Waals surface area contributed by atoms with E-state index in [9.17, 15) is 4.79 Å². The van der Waals surface area contributed by atoms with Crippen molar-refractivity contribution in [1.29, 1.82) is 0 Å². The fourth-order valence-electron chi connectivity index (χ4n) is 4.31. The highest BCUT2D eigenvalue weighted by atomic mass is 16.2. The van der Waals surface area contributed by atoms with Gasteiger partial charge in [0, 0.05) is 49.5 Å². The van der Waals surface area contributed by atoms with Crippen molar-refractivity contribution in [2.24, 2.45) is 0 Å². The third-order valence-corrected chi connectivity index (χ3v) is 5.89. The van der Waals surface area contributed by atoms with Gasteiger partial charge in [0.05, 0.1) is 0 Å². The lowest BCUT2D eigenvalue weighted by atomic mass is 10.1. The number of hydrogen-bond donors (Lipinski definition) is 1. The minimum absolute atomic E-state index is 0.169. The first-order valence-corrected chi connectivity index (χ1v) is 10.2. The maximum absolute atomic E-state index is 13.0. The van der Waals surface area contributed by atoms with Crippen LogP contribution in [0, 0.1) is 0 Å². The van der Waals surface area contributed by atoms with Crippen LogP contribution in [0.1, 0.15) is 42.1 Å². The number of nitrogens with one attached hydrogen (secondary N) is 1. The van der Waals surface area contributed by atoms with E-state index in [4.69, 9.17) is 0 Å². The quantitative estimate of drug-likeness (QED) is 0.880. The second kappa shape index (κ2) is 8.13. The lowest BCUT2D eigenvalue weighted by Crippen LogP contribution is -2.39. The molecule has 0 spiro atoms. The van der Waals surface area contributed by atoms with Crippen molar-refractivity contribution in [2.75, 3.05) is 24.5 Å². The Kier molecular flexibility index (Phi) is 5.44. The van der Waals surface area contributed by atoms with Crippen molar-refractivity contribution in [3.05, 3.63) is 65.7 Å². The summed E-state index contributed by atoms with van der Waals surface area (Å²) in [6.45, 7) is 5.69. The van der Waals surface area contributed by atoms with Gasteiger partial charge in [0.15, 0.2) is 0 Å². The molecule has 2 atom stereocenters. The Labute approximate surface area is 162 Å². The van der Waals surface area contributed by atoms with Crippen LogP contribution in [0.15, 0.2) is 54.6 Å². The second-order valence-corrected chi connectivity index (χ2v) is 7.72. The molecule has 2 aromatic carbocycles. The van der Waals surface area contributed by atoms with Gasteiger partial charge in [-0.05, 0) is 56.0 Å². The van der Waals surface area contributed by atoms with E-state index in [1.165, 1.54) is 18.4 Å². The Morgan fingerprint density at radius 3 is 2.52 bits per heavy atom. The minimum atomic E-state index is 0.169. The zero-order valence-corrected chi connectivity index (χ0v) is 16.1. The molecule has 27 heavy (non-hydrogen) atoms. The highest BCUT2D eigenvalue weighted by Crippen LogP contribution is 2.23. The van der Waals surface area contributed by atoms with Gasteiger partial charge < -0.3 is 15.1 Å². The molecule has 0 saturated carbocycles. The van der Waals surface area contributed by atoms with Crippen molar-refractivity contribution in [3.8, 4) is 0 Å². The number of rotatable bonds is 5. The first kappa shape index (κ1) is 18.1. The number of likely N-dealkylation sites (tertiary alicyclic amines) is 1. The van der Waals surface area contributed by atoms with Crippen LogP contribution in [0.3, 0.4) is 0 Å². The summed E-state index contributed by atoms with van der Waals surface area (Å²) in [5.74, 6) is 0.169. The van der Waals surface area contributed by atoms with Gasteiger partial charge in [-0.1, -0.05) is 30.3 Å². The van der Waals surface area contributed by atoms with Crippen molar-refractivity contribution in [2.45, 2.75) is 44.8 Å². The van der Waals surface area contributed by atoms with Gasteiger partial charge in [-0.25, -0.2) is 0 Å². The van der Waals surface area contributed by atoms with E-state index in [0.717, 1.165) is 43.9 Å². The van der Waals surface area contributed by atoms with E-state index in [1.807, 2.05) is 23.1 Å². The smallest absolute Gasteiger partial charge is 0.253 e. The summed E-state index contributed by atoms with van der Waals surface area (Å²) >= 11 is 0. The topological polar surface area (TPSA) is 35.6 Å². The third kappa shape index (κ3) is 4.16. The van der Waals surface area contributed by atoms with Crippen LogP contribution in [0.25, 0.3) is 0 Å². The molecular formula is C23H29N3O. The summed E-state index contributed by atoms with van der Waals surface area (Å²) in [4.78, 5) is 17.3. The van der Waals surface area contributed by atoms with Crippen LogP contribution in [0.4, 0.5) is 5.69 Å². The first-order chi connectivity index (χ1) is 13.2. The van der Waals surface area contributed by atoms with E-state index in [1.54, 1.807) is 0 Å². The summed E-state index contributed by atoms with van der Waals surface area (Å²) in [6.07, 6.45) is 3.52. The molecule has 2 bridgehead atoms. The molecule has 1 N–H and O–H groups in total. The molecule has 2 aliphatic heterocycles. The maximum Gasteiger partial charge on any atom is 0.253 e. The molecule has 0 aliphatic carbocycles. The Hall–Kier alpha value is -2.33. The number of benzene rings is 2. The number of hydrogen-bond acceptors (Lipinski definition) is 3. The fraction of sp³-hybridized carbons (Fsp3) is 0.435. The lowest BCUT2D eigenvalue weighted by molar-refractivity contribution is 0.0748. The monoisotopic (exact) mass is 363 g/mol. The minimum Gasteiger partial charge on any atom is -0.367 e. The van der Waals surface area contributed by atoms with Crippen LogP contribution < -0.4 is 10.2 Å². The predicted molar refractivity (Wildman–Crippen MR) is 110 cm³/mol. The summed E-state index contributed by atoms with van der Waals surface area (Å²) < 4.78 is 0. The summed E-state index contributed by atoms with van der Waals surface area (Å²) in [6, 6.07) is 19.7. The molecular weight excluding hydrogens is 334 g/mol. The van der Waals surface area contributed by atoms with Gasteiger partial charge in [-0.15, -0.1) is 0 Å². The van der Waals surface area contributed by atoms with Gasteiger partial charge >= 0.3 is 0 Å². The van der Waals surface area contributed by atoms with E-state index < -0.39 is 0 Å². The number of amides is 1. The van der Waals surface area contributed by atoms with Gasteiger partial charge in [0.2, 0.25) is 0 Å². The number of nitrogens with zero attached hydrogens (tertiary/aromatic N) is 2. The number of fused-ring (bicyclic) bond motifs is 2. The summed E-state index contributed by atoms with van der Waals surface area (Å²) in [5, 5.41) is 3.64. The lowest BCUT2D eigenvalue weighted by Gasteiger charge is -2.26. The van der Waals surface area contributed by atoms with Gasteiger partial charge in [-0.3, -0.25) is 4.79 Å². The molecule has 142 valence electrons. The fourth-order valence-corrected chi connectivity index (χ4v) is 4.31. The van der Waals surface area contributed by atoms with Crippen LogP contribution in [0.2, 0.25) is 0 Å². The van der Waals surface area contributed by atoms with E-state index in [-0.39, 0.29) is 5.91 Å². The average Bonchev–Trinajstić information content (AvgIpc) is 3.05. The SMILES string of the molecule is CCN(Cc1ccccc1)c1ccc(C(=O)N2CCC3CCC(C2)N3)cc1. The maximum atomic E-state index is 13.0. The number of anilines is 1. The Morgan fingerprint density at radius 1 is 1.04 bits per heavy atom. The average molecular weight is 364 g/mol. The molecule has 2 unspecified atom stereocenters. The van der Waals surface area contributed by atoms with Crippen LogP contribution >= 0.6 is 0 Å². The number of carbonyl (C=O) groups is 1. The highest BCUT2D eigenvalue weighted by Gasteiger charge is 2.31. The van der Waals surface area contributed by atoms with Gasteiger partial charge in [0.25, 0.3) is 5.91 Å². The van der Waals surface area contributed by atoms with Crippen molar-refractivity contribution >= 4 is 11.6 Å². The van der Waals surface area contributed by atoms with Crippen molar-refractivity contribution in [3.63, 3.8) is 0 Å². The molecule has 4 rings (SSSR count). The van der Waals surface area contributed by atoms with E-state index in [0.29, 0.717) is 12.1 Å². The molecule has 2 heterocycles. The van der Waals surface area contributed by atoms with Crippen LogP contribution in [-0.2, 0) is 6.54 Å². The van der Waals surface area contributed by atoms with Gasteiger partial charge in [0.1, 0.15) is 0 Å². The molecule has 0 radical (unpaired) electrons. The summed E-state index contributed by atoms with van der Waals surface area (Å²) in [5.41, 5.74) is 3.26. The molecule has 4 nitrogen and oxygen atoms in total. The zero-order valence-electron chi connectivity index (χ0n) is 16.1. The summed E-state index contributed by atoms with van der Waals surface area (Å²) in [7, 11) is 0. The predicted octanol–water partition coefficient (Wildman–Crippen LogP) is 3.68. The van der Waals surface area contributed by atoms with Gasteiger partial charge in [-0.2, -0.15) is 0 Å². The standard InChI is InChI=1S/C23H29N3O/c1-2-25(16-18-6-4-3-5-7-18)22-12-8-19(9-13-22)23(27)26-15-14-20-10-11-21(17-26)24-20/h3-9,12-13,20-21,24H,2,10-11,14-17H2,1H3. The molecule has 2 aliphatic rings. The Morgan fingerprint density at radius 2 is 1.78 bits per heavy atom. The molecule has 2 fully saturated rings. The normalized spacial score (nSPS) is 21.7. The van der Waals surface area contributed by atoms with E-state index in [2.05, 4.69) is 53.5 Å². The van der Waals surface area contributed by atoms with Crippen LogP contribution in [0.5, 0.6) is 0 Å². The van der Waals surface area contributed by atoms with Crippen molar-refractivity contribution in [1.82, 2.24) is 10.2 Å². The second-order valence-electron chi connectivity index (χ2n) is 7.72. The third-order valence-electron chi connectivity index (χ3n) is 5.89. The molecule has 1 amide bonds. The molecule has 2 aromatic rings.